The summed E-state index contributed by atoms with van der Waals surface area (Å²) in [7, 11) is 1.42. The molecule has 1 fully saturated rings. The first-order valence-corrected chi connectivity index (χ1v) is 11.0. The normalized spacial score (nSPS) is 23.7. The van der Waals surface area contributed by atoms with Gasteiger partial charge in [0.2, 0.25) is 6.29 Å². The molecule has 35 heavy (non-hydrogen) atoms. The zero-order valence-electron chi connectivity index (χ0n) is 19.8. The first kappa shape index (κ1) is 24.7. The van der Waals surface area contributed by atoms with E-state index in [1.54, 1.807) is 51.1 Å². The maximum Gasteiger partial charge on any atom is 0.360 e. The Bertz CT molecular complexity index is 1320. The van der Waals surface area contributed by atoms with Crippen molar-refractivity contribution in [1.29, 1.82) is 0 Å². The van der Waals surface area contributed by atoms with E-state index in [2.05, 4.69) is 5.32 Å². The summed E-state index contributed by atoms with van der Waals surface area (Å²) >= 11 is 0. The lowest BCUT2D eigenvalue weighted by Crippen LogP contribution is -2.63. The minimum Gasteiger partial charge on any atom is -0.462 e. The van der Waals surface area contributed by atoms with E-state index < -0.39 is 41.7 Å². The number of aliphatic hydroxyl groups is 2. The number of carbonyl (C=O) groups is 1. The van der Waals surface area contributed by atoms with Crippen LogP contribution in [0.25, 0.3) is 11.0 Å². The lowest BCUT2D eigenvalue weighted by Gasteiger charge is -2.46. The zero-order valence-corrected chi connectivity index (χ0v) is 19.8. The predicted molar refractivity (Wildman–Crippen MR) is 128 cm³/mol. The Morgan fingerprint density at radius 3 is 2.57 bits per heavy atom. The van der Waals surface area contributed by atoms with E-state index in [-0.39, 0.29) is 11.3 Å². The van der Waals surface area contributed by atoms with E-state index >= 15 is 0 Å². The van der Waals surface area contributed by atoms with E-state index in [9.17, 15) is 19.8 Å². The van der Waals surface area contributed by atoms with Gasteiger partial charge in [0.25, 0.3) is 5.91 Å². The van der Waals surface area contributed by atoms with Gasteiger partial charge in [-0.2, -0.15) is 0 Å². The van der Waals surface area contributed by atoms with Crippen LogP contribution >= 0.6 is 0 Å². The Labute approximate surface area is 201 Å². The number of rotatable bonds is 5. The molecule has 10 nitrogen and oxygen atoms in total. The van der Waals surface area contributed by atoms with Crippen LogP contribution in [-0.4, -0.2) is 53.4 Å². The van der Waals surface area contributed by atoms with Gasteiger partial charge in [0.15, 0.2) is 0 Å². The number of nitrogen functional groups attached to an aromatic ring is 1. The maximum absolute atomic E-state index is 12.6. The quantitative estimate of drug-likeness (QED) is 0.315. The second-order valence-electron chi connectivity index (χ2n) is 8.98. The van der Waals surface area contributed by atoms with Gasteiger partial charge in [-0.25, -0.2) is 4.79 Å². The van der Waals surface area contributed by atoms with E-state index in [0.29, 0.717) is 28.0 Å². The number of aryl methyl sites for hydroxylation is 1. The molecule has 4 unspecified atom stereocenters. The van der Waals surface area contributed by atoms with Gasteiger partial charge in [0.1, 0.15) is 35.3 Å². The van der Waals surface area contributed by atoms with Crippen LogP contribution in [0.15, 0.2) is 51.7 Å². The summed E-state index contributed by atoms with van der Waals surface area (Å²) in [6, 6.07) is 11.1. The standard InChI is InChI=1S/C25H28N2O8/c1-12-17(33-24-19(29)18(28)21(32-4)25(2,3)35-24)9-8-13-11-16(23(31)34-20(12)13)27-22(30)14-6-5-7-15(26)10-14/h5-11,18-19,21,24,28-29H,26H2,1-4H3,(H,27,30). The molecule has 186 valence electrons. The third-order valence-electron chi connectivity index (χ3n) is 6.04. The molecule has 0 bridgehead atoms. The number of anilines is 2. The molecule has 0 saturated carbocycles. The molecule has 4 atom stereocenters. The fourth-order valence-corrected chi connectivity index (χ4v) is 4.22. The van der Waals surface area contributed by atoms with Crippen LogP contribution in [0.2, 0.25) is 0 Å². The largest absolute Gasteiger partial charge is 0.462 e. The van der Waals surface area contributed by atoms with Crippen LogP contribution in [0.1, 0.15) is 29.8 Å². The Kier molecular flexibility index (Phi) is 6.56. The maximum atomic E-state index is 12.6. The molecule has 10 heteroatoms. The number of nitrogens with two attached hydrogens (primary N) is 1. The number of fused-ring (bicyclic) bond motifs is 1. The lowest BCUT2D eigenvalue weighted by atomic mass is 9.89. The molecule has 2 aromatic carbocycles. The number of aliphatic hydroxyl groups excluding tert-OH is 2. The Hall–Kier alpha value is -3.44. The monoisotopic (exact) mass is 484 g/mol. The van der Waals surface area contributed by atoms with Crippen LogP contribution < -0.4 is 21.4 Å². The highest BCUT2D eigenvalue weighted by atomic mass is 16.7. The molecule has 3 aromatic rings. The topological polar surface area (TPSA) is 153 Å². The van der Waals surface area contributed by atoms with Gasteiger partial charge in [0, 0.05) is 29.3 Å². The molecule has 0 spiro atoms. The van der Waals surface area contributed by atoms with Crippen LogP contribution in [0.5, 0.6) is 5.75 Å². The molecule has 1 aliphatic rings. The average Bonchev–Trinajstić information content (AvgIpc) is 2.80. The highest BCUT2D eigenvalue weighted by Crippen LogP contribution is 2.35. The summed E-state index contributed by atoms with van der Waals surface area (Å²) < 4.78 is 22.5. The van der Waals surface area contributed by atoms with Gasteiger partial charge < -0.3 is 39.9 Å². The third kappa shape index (κ3) is 4.73. The first-order chi connectivity index (χ1) is 16.5. The number of ether oxygens (including phenoxy) is 3. The number of benzene rings is 2. The first-order valence-electron chi connectivity index (χ1n) is 11.0. The molecular weight excluding hydrogens is 456 g/mol. The van der Waals surface area contributed by atoms with Gasteiger partial charge in [0.05, 0.1) is 5.60 Å². The minimum absolute atomic E-state index is 0.0282. The number of nitrogens with one attached hydrogen (secondary N) is 1. The number of methoxy groups -OCH3 is 1. The Balaban J connectivity index is 1.60. The SMILES string of the molecule is COC1C(O)C(O)C(Oc2ccc3cc(NC(=O)c4cccc(N)c4)c(=O)oc3c2C)OC1(C)C. The molecule has 1 aromatic heterocycles. The van der Waals surface area contributed by atoms with Crippen molar-refractivity contribution in [2.75, 3.05) is 18.2 Å². The van der Waals surface area contributed by atoms with Crippen molar-refractivity contribution in [3.05, 3.63) is 64.0 Å². The van der Waals surface area contributed by atoms with Crippen molar-refractivity contribution in [3.8, 4) is 5.75 Å². The van der Waals surface area contributed by atoms with Crippen LogP contribution in [0.4, 0.5) is 11.4 Å². The second-order valence-corrected chi connectivity index (χ2v) is 8.98. The van der Waals surface area contributed by atoms with E-state index in [1.165, 1.54) is 19.2 Å². The number of hydrogen-bond acceptors (Lipinski definition) is 9. The minimum atomic E-state index is -1.38. The van der Waals surface area contributed by atoms with Gasteiger partial charge in [-0.1, -0.05) is 6.07 Å². The van der Waals surface area contributed by atoms with Crippen molar-refractivity contribution in [3.63, 3.8) is 0 Å². The fourth-order valence-electron chi connectivity index (χ4n) is 4.22. The summed E-state index contributed by atoms with van der Waals surface area (Å²) in [6.07, 6.45) is -4.56. The number of hydrogen-bond donors (Lipinski definition) is 4. The third-order valence-corrected chi connectivity index (χ3v) is 6.04. The smallest absolute Gasteiger partial charge is 0.360 e. The van der Waals surface area contributed by atoms with Crippen molar-refractivity contribution in [1.82, 2.24) is 0 Å². The molecular formula is C25H28N2O8. The molecule has 1 amide bonds. The molecule has 1 saturated heterocycles. The molecule has 1 aliphatic heterocycles. The van der Waals surface area contributed by atoms with E-state index in [0.717, 1.165) is 0 Å². The second kappa shape index (κ2) is 9.31. The van der Waals surface area contributed by atoms with Gasteiger partial charge in [-0.3, -0.25) is 4.79 Å². The molecule has 5 N–H and O–H groups in total. The summed E-state index contributed by atoms with van der Waals surface area (Å²) in [5, 5.41) is 24.1. The zero-order chi connectivity index (χ0) is 25.5. The summed E-state index contributed by atoms with van der Waals surface area (Å²) in [6.45, 7) is 5.12. The average molecular weight is 485 g/mol. The van der Waals surface area contributed by atoms with Crippen molar-refractivity contribution < 1.29 is 33.6 Å². The van der Waals surface area contributed by atoms with E-state index in [4.69, 9.17) is 24.4 Å². The highest BCUT2D eigenvalue weighted by molar-refractivity contribution is 6.05. The molecule has 2 heterocycles. The fraction of sp³-hybridized carbons (Fsp3) is 0.360. The predicted octanol–water partition coefficient (Wildman–Crippen LogP) is 2.19. The Morgan fingerprint density at radius 2 is 1.89 bits per heavy atom. The summed E-state index contributed by atoms with van der Waals surface area (Å²) in [5.74, 6) is -0.209. The number of amides is 1. The van der Waals surface area contributed by atoms with Gasteiger partial charge in [-0.05, 0) is 57.2 Å². The lowest BCUT2D eigenvalue weighted by molar-refractivity contribution is -0.306. The van der Waals surface area contributed by atoms with Gasteiger partial charge in [-0.15, -0.1) is 0 Å². The summed E-state index contributed by atoms with van der Waals surface area (Å²) in [4.78, 5) is 25.1. The van der Waals surface area contributed by atoms with Crippen LogP contribution in [0, 0.1) is 6.92 Å². The number of carbonyl (C=O) groups excluding carboxylic acids is 1. The van der Waals surface area contributed by atoms with E-state index in [1.807, 2.05) is 0 Å². The molecule has 0 aliphatic carbocycles. The van der Waals surface area contributed by atoms with Crippen LogP contribution in [-0.2, 0) is 9.47 Å². The molecule has 4 rings (SSSR count). The van der Waals surface area contributed by atoms with Crippen molar-refractivity contribution >= 4 is 28.3 Å². The summed E-state index contributed by atoms with van der Waals surface area (Å²) in [5.41, 5.74) is 5.45. The molecule has 0 radical (unpaired) electrons. The van der Waals surface area contributed by atoms with Crippen LogP contribution in [0.3, 0.4) is 0 Å². The Morgan fingerprint density at radius 1 is 1.14 bits per heavy atom. The van der Waals surface area contributed by atoms with Crippen molar-refractivity contribution in [2.45, 2.75) is 51.0 Å². The van der Waals surface area contributed by atoms with Crippen molar-refractivity contribution in [2.24, 2.45) is 0 Å². The van der Waals surface area contributed by atoms with Gasteiger partial charge >= 0.3 is 5.63 Å². The highest BCUT2D eigenvalue weighted by Gasteiger charge is 2.50.